The molecule has 0 atom stereocenters. The van der Waals surface area contributed by atoms with Crippen molar-refractivity contribution in [2.24, 2.45) is 7.05 Å². The minimum atomic E-state index is -0.410. The second-order valence-electron chi connectivity index (χ2n) is 4.24. The molecule has 0 amide bonds. The van der Waals surface area contributed by atoms with Gasteiger partial charge in [0.15, 0.2) is 22.6 Å². The van der Waals surface area contributed by atoms with E-state index < -0.39 is 5.82 Å². The molecule has 0 bridgehead atoms. The molecule has 0 aromatic carbocycles. The van der Waals surface area contributed by atoms with Crippen LogP contribution in [0.25, 0.3) is 11.6 Å². The Morgan fingerprint density at radius 3 is 2.90 bits per heavy atom. The van der Waals surface area contributed by atoms with Crippen LogP contribution in [0.3, 0.4) is 0 Å². The molecule has 0 fully saturated rings. The topological polar surface area (TPSA) is 69.6 Å². The van der Waals surface area contributed by atoms with E-state index in [2.05, 4.69) is 20.2 Å². The second kappa shape index (κ2) is 5.65. The van der Waals surface area contributed by atoms with Gasteiger partial charge in [-0.25, -0.2) is 14.4 Å². The number of aryl methyl sites for hydroxylation is 1. The molecule has 3 heterocycles. The first-order chi connectivity index (χ1) is 10.2. The zero-order chi connectivity index (χ0) is 14.8. The van der Waals surface area contributed by atoms with Crippen molar-refractivity contribution in [3.8, 4) is 11.6 Å². The molecule has 3 aromatic rings. The molecular formula is C13H12FN5OS. The Balaban J connectivity index is 1.93. The summed E-state index contributed by atoms with van der Waals surface area (Å²) in [6, 6.07) is 3.56. The summed E-state index contributed by atoms with van der Waals surface area (Å²) in [4.78, 5) is 7.88. The van der Waals surface area contributed by atoms with Gasteiger partial charge in [0.2, 0.25) is 0 Å². The fraction of sp³-hybridized carbons (Fsp3) is 0.231. The van der Waals surface area contributed by atoms with E-state index in [-0.39, 0.29) is 5.03 Å². The van der Waals surface area contributed by atoms with Crippen LogP contribution < -0.4 is 0 Å². The van der Waals surface area contributed by atoms with E-state index in [1.54, 1.807) is 30.0 Å². The van der Waals surface area contributed by atoms with Crippen LogP contribution in [-0.4, -0.2) is 24.7 Å². The van der Waals surface area contributed by atoms with Gasteiger partial charge < -0.3 is 8.98 Å². The predicted molar refractivity (Wildman–Crippen MR) is 74.2 cm³/mol. The zero-order valence-electron chi connectivity index (χ0n) is 11.4. The molecule has 0 aliphatic heterocycles. The molecule has 0 spiro atoms. The Labute approximate surface area is 124 Å². The maximum absolute atomic E-state index is 14.1. The molecule has 108 valence electrons. The highest BCUT2D eigenvalue weighted by Gasteiger charge is 2.17. The van der Waals surface area contributed by atoms with Crippen LogP contribution in [0.1, 0.15) is 12.6 Å². The average Bonchev–Trinajstić information content (AvgIpc) is 3.12. The molecule has 3 aromatic heterocycles. The van der Waals surface area contributed by atoms with Gasteiger partial charge in [-0.15, -0.1) is 10.2 Å². The Morgan fingerprint density at radius 2 is 2.19 bits per heavy atom. The number of hydrogen-bond donors (Lipinski definition) is 0. The first-order valence-electron chi connectivity index (χ1n) is 6.31. The number of hydrogen-bond acceptors (Lipinski definition) is 6. The van der Waals surface area contributed by atoms with Crippen LogP contribution in [-0.2, 0) is 13.5 Å². The highest BCUT2D eigenvalue weighted by atomic mass is 32.2. The van der Waals surface area contributed by atoms with E-state index in [4.69, 9.17) is 4.42 Å². The van der Waals surface area contributed by atoms with Crippen molar-refractivity contribution in [1.82, 2.24) is 24.7 Å². The molecule has 21 heavy (non-hydrogen) atoms. The molecule has 0 saturated heterocycles. The summed E-state index contributed by atoms with van der Waals surface area (Å²) in [6.45, 7) is 1.84. The van der Waals surface area contributed by atoms with Crippen LogP contribution in [0.15, 0.2) is 39.3 Å². The number of aromatic nitrogens is 5. The minimum absolute atomic E-state index is 0.239. The zero-order valence-corrected chi connectivity index (χ0v) is 12.3. The number of nitrogens with zero attached hydrogens (tertiary/aromatic N) is 5. The van der Waals surface area contributed by atoms with Gasteiger partial charge in [-0.05, 0) is 30.3 Å². The van der Waals surface area contributed by atoms with Gasteiger partial charge in [0.1, 0.15) is 11.4 Å². The van der Waals surface area contributed by atoms with Crippen molar-refractivity contribution >= 4 is 11.8 Å². The summed E-state index contributed by atoms with van der Waals surface area (Å²) in [5.74, 6) is 0.773. The lowest BCUT2D eigenvalue weighted by Crippen LogP contribution is -1.99. The summed E-state index contributed by atoms with van der Waals surface area (Å²) < 4.78 is 21.2. The Bertz CT molecular complexity index is 756. The Kier molecular flexibility index (Phi) is 3.70. The third kappa shape index (κ3) is 2.54. The van der Waals surface area contributed by atoms with Gasteiger partial charge in [0.25, 0.3) is 0 Å². The van der Waals surface area contributed by atoms with Crippen molar-refractivity contribution < 1.29 is 8.81 Å². The van der Waals surface area contributed by atoms with Crippen molar-refractivity contribution in [2.75, 3.05) is 0 Å². The maximum Gasteiger partial charge on any atom is 0.200 e. The van der Waals surface area contributed by atoms with E-state index in [1.165, 1.54) is 6.33 Å². The molecule has 0 aliphatic rings. The molecule has 6 nitrogen and oxygen atoms in total. The van der Waals surface area contributed by atoms with Crippen LogP contribution >= 0.6 is 11.8 Å². The Hall–Kier alpha value is -2.22. The third-order valence-electron chi connectivity index (χ3n) is 2.93. The lowest BCUT2D eigenvalue weighted by Gasteiger charge is -2.04. The quantitative estimate of drug-likeness (QED) is 0.690. The summed E-state index contributed by atoms with van der Waals surface area (Å²) in [7, 11) is 1.79. The summed E-state index contributed by atoms with van der Waals surface area (Å²) in [5, 5.41) is 8.88. The highest BCUT2D eigenvalue weighted by Crippen LogP contribution is 2.29. The van der Waals surface area contributed by atoms with Gasteiger partial charge >= 0.3 is 0 Å². The minimum Gasteiger partial charge on any atom is -0.461 e. The first kappa shape index (κ1) is 13.7. The largest absolute Gasteiger partial charge is 0.461 e. The SMILES string of the molecule is CCc1ncnc(Sc2nnc(-c3ccco3)n2C)c1F. The van der Waals surface area contributed by atoms with E-state index in [0.717, 1.165) is 11.8 Å². The van der Waals surface area contributed by atoms with Crippen molar-refractivity contribution in [3.05, 3.63) is 36.2 Å². The third-order valence-corrected chi connectivity index (χ3v) is 3.95. The van der Waals surface area contributed by atoms with E-state index in [9.17, 15) is 4.39 Å². The molecule has 0 N–H and O–H groups in total. The number of halogens is 1. The monoisotopic (exact) mass is 305 g/mol. The van der Waals surface area contributed by atoms with E-state index in [0.29, 0.717) is 28.9 Å². The maximum atomic E-state index is 14.1. The van der Waals surface area contributed by atoms with Gasteiger partial charge in [0, 0.05) is 7.05 Å². The summed E-state index contributed by atoms with van der Waals surface area (Å²) in [6.07, 6.45) is 3.43. The molecule has 0 radical (unpaired) electrons. The molecule has 0 aliphatic carbocycles. The standard InChI is InChI=1S/C13H12FN5OS/c1-3-8-10(14)12(16-7-15-8)21-13-18-17-11(19(13)2)9-5-4-6-20-9/h4-7H,3H2,1-2H3. The first-order valence-corrected chi connectivity index (χ1v) is 7.12. The van der Waals surface area contributed by atoms with E-state index in [1.807, 2.05) is 6.92 Å². The molecule has 0 saturated carbocycles. The van der Waals surface area contributed by atoms with Crippen LogP contribution in [0.2, 0.25) is 0 Å². The number of furan rings is 1. The van der Waals surface area contributed by atoms with Gasteiger partial charge in [-0.1, -0.05) is 6.92 Å². The van der Waals surface area contributed by atoms with Gasteiger partial charge in [-0.3, -0.25) is 0 Å². The summed E-state index contributed by atoms with van der Waals surface area (Å²) >= 11 is 1.11. The molecule has 3 rings (SSSR count). The molecule has 0 unspecified atom stereocenters. The van der Waals surface area contributed by atoms with Gasteiger partial charge in [-0.2, -0.15) is 0 Å². The Morgan fingerprint density at radius 1 is 1.33 bits per heavy atom. The predicted octanol–water partition coefficient (Wildman–Crippen LogP) is 2.72. The fourth-order valence-electron chi connectivity index (χ4n) is 1.82. The molecular weight excluding hydrogens is 293 g/mol. The van der Waals surface area contributed by atoms with Crippen molar-refractivity contribution in [2.45, 2.75) is 23.5 Å². The summed E-state index contributed by atoms with van der Waals surface area (Å²) in [5.41, 5.74) is 0.390. The number of rotatable bonds is 4. The fourth-order valence-corrected chi connectivity index (χ4v) is 2.60. The average molecular weight is 305 g/mol. The second-order valence-corrected chi connectivity index (χ2v) is 5.19. The van der Waals surface area contributed by atoms with E-state index >= 15 is 0 Å². The lowest BCUT2D eigenvalue weighted by molar-refractivity contribution is 0.558. The van der Waals surface area contributed by atoms with Crippen LogP contribution in [0.4, 0.5) is 4.39 Å². The highest BCUT2D eigenvalue weighted by molar-refractivity contribution is 7.99. The van der Waals surface area contributed by atoms with Crippen LogP contribution in [0, 0.1) is 5.82 Å². The van der Waals surface area contributed by atoms with Crippen molar-refractivity contribution in [1.29, 1.82) is 0 Å². The van der Waals surface area contributed by atoms with Crippen molar-refractivity contribution in [3.63, 3.8) is 0 Å². The van der Waals surface area contributed by atoms with Gasteiger partial charge in [0.05, 0.1) is 12.0 Å². The molecule has 8 heteroatoms. The normalized spacial score (nSPS) is 11.0. The van der Waals surface area contributed by atoms with Crippen LogP contribution in [0.5, 0.6) is 0 Å². The lowest BCUT2D eigenvalue weighted by atomic mass is 10.3. The smallest absolute Gasteiger partial charge is 0.200 e.